The molecule has 2 aromatic heterocycles. The third-order valence-electron chi connectivity index (χ3n) is 7.71. The van der Waals surface area contributed by atoms with Crippen molar-refractivity contribution in [2.75, 3.05) is 0 Å². The molecule has 2 nitrogen and oxygen atoms in total. The molecule has 0 fully saturated rings. The van der Waals surface area contributed by atoms with Gasteiger partial charge in [0.1, 0.15) is 5.58 Å². The van der Waals surface area contributed by atoms with Crippen molar-refractivity contribution in [3.05, 3.63) is 115 Å². The Bertz CT molecular complexity index is 2130. The third-order valence-corrected chi connectivity index (χ3v) is 7.71. The quantitative estimate of drug-likeness (QED) is 0.251. The van der Waals surface area contributed by atoms with E-state index in [4.69, 9.17) is 4.42 Å². The molecule has 2 heterocycles. The minimum absolute atomic E-state index is 0.926. The van der Waals surface area contributed by atoms with E-state index < -0.39 is 0 Å². The van der Waals surface area contributed by atoms with Crippen LogP contribution in [0, 0.1) is 0 Å². The van der Waals surface area contributed by atoms with E-state index in [1.807, 2.05) is 0 Å². The first-order valence-electron chi connectivity index (χ1n) is 12.6. The average Bonchev–Trinajstić information content (AvgIpc) is 3.50. The molecule has 0 aliphatic rings. The second kappa shape index (κ2) is 7.22. The Kier molecular flexibility index (Phi) is 3.96. The Labute approximate surface area is 208 Å². The number of aryl methyl sites for hydroxylation is 1. The van der Waals surface area contributed by atoms with Crippen molar-refractivity contribution in [2.45, 2.75) is 13.3 Å². The van der Waals surface area contributed by atoms with Gasteiger partial charge < -0.3 is 8.98 Å². The molecule has 2 heteroatoms. The number of nitrogens with zero attached hydrogens (tertiary/aromatic N) is 1. The van der Waals surface area contributed by atoms with E-state index >= 15 is 0 Å². The van der Waals surface area contributed by atoms with Gasteiger partial charge >= 0.3 is 0 Å². The molecule has 0 aliphatic heterocycles. The lowest BCUT2D eigenvalue weighted by molar-refractivity contribution is 0.671. The number of hydrogen-bond acceptors (Lipinski definition) is 1. The summed E-state index contributed by atoms with van der Waals surface area (Å²) < 4.78 is 9.18. The molecule has 8 rings (SSSR count). The highest BCUT2D eigenvalue weighted by Crippen LogP contribution is 2.47. The number of para-hydroxylation sites is 2. The summed E-state index contributed by atoms with van der Waals surface area (Å²) in [4.78, 5) is 0. The van der Waals surface area contributed by atoms with E-state index in [1.165, 1.54) is 48.8 Å². The summed E-state index contributed by atoms with van der Waals surface area (Å²) in [6.07, 6.45) is 0.960. The molecule has 36 heavy (non-hydrogen) atoms. The molecule has 0 saturated carbocycles. The molecule has 0 atom stereocenters. The normalized spacial score (nSPS) is 12.1. The van der Waals surface area contributed by atoms with Crippen LogP contribution in [0.3, 0.4) is 0 Å². The van der Waals surface area contributed by atoms with Crippen LogP contribution in [-0.2, 0) is 6.42 Å². The standard InChI is InChI=1S/C34H23NO/c1-2-21-20-22-12-6-7-15-24(22)32-29(21)31-26-17-9-8-16-25(26)30-27-18-10-11-19-28(27)36-34(30)33(31)35(32)23-13-4-3-5-14-23/h3-20H,2H2,1H3. The van der Waals surface area contributed by atoms with Crippen molar-refractivity contribution < 1.29 is 4.42 Å². The molecular weight excluding hydrogens is 438 g/mol. The molecule has 0 aliphatic carbocycles. The van der Waals surface area contributed by atoms with Crippen molar-refractivity contribution >= 4 is 65.3 Å². The van der Waals surface area contributed by atoms with Gasteiger partial charge in [0.2, 0.25) is 0 Å². The maximum atomic E-state index is 6.73. The van der Waals surface area contributed by atoms with Gasteiger partial charge in [0.15, 0.2) is 5.58 Å². The van der Waals surface area contributed by atoms with Gasteiger partial charge in [-0.25, -0.2) is 0 Å². The third kappa shape index (κ3) is 2.46. The largest absolute Gasteiger partial charge is 0.454 e. The number of furan rings is 1. The summed E-state index contributed by atoms with van der Waals surface area (Å²) in [6.45, 7) is 2.26. The van der Waals surface area contributed by atoms with Gasteiger partial charge in [0.25, 0.3) is 0 Å². The number of hydrogen-bond donors (Lipinski definition) is 0. The smallest absolute Gasteiger partial charge is 0.160 e. The second-order valence-corrected chi connectivity index (χ2v) is 9.58. The summed E-state index contributed by atoms with van der Waals surface area (Å²) in [5.74, 6) is 0. The van der Waals surface area contributed by atoms with Crippen molar-refractivity contribution in [1.29, 1.82) is 0 Å². The maximum absolute atomic E-state index is 6.73. The first kappa shape index (κ1) is 19.7. The van der Waals surface area contributed by atoms with Crippen molar-refractivity contribution in [3.63, 3.8) is 0 Å². The van der Waals surface area contributed by atoms with E-state index in [9.17, 15) is 0 Å². The Morgan fingerprint density at radius 2 is 1.22 bits per heavy atom. The molecular formula is C34H23NO. The molecule has 0 N–H and O–H groups in total. The Morgan fingerprint density at radius 3 is 2.00 bits per heavy atom. The van der Waals surface area contributed by atoms with E-state index in [0.717, 1.165) is 34.2 Å². The monoisotopic (exact) mass is 461 g/mol. The molecule has 170 valence electrons. The molecule has 0 bridgehead atoms. The molecule has 0 saturated heterocycles. The van der Waals surface area contributed by atoms with Crippen molar-refractivity contribution in [3.8, 4) is 5.69 Å². The van der Waals surface area contributed by atoms with Crippen LogP contribution >= 0.6 is 0 Å². The molecule has 0 radical (unpaired) electrons. The summed E-state index contributed by atoms with van der Waals surface area (Å²) >= 11 is 0. The number of rotatable bonds is 2. The molecule has 0 unspecified atom stereocenters. The van der Waals surface area contributed by atoms with Crippen LogP contribution in [0.4, 0.5) is 0 Å². The van der Waals surface area contributed by atoms with E-state index in [2.05, 4.69) is 121 Å². The fourth-order valence-electron chi connectivity index (χ4n) is 6.23. The predicted octanol–water partition coefficient (Wildman–Crippen LogP) is 9.55. The zero-order valence-electron chi connectivity index (χ0n) is 20.0. The Balaban J connectivity index is 1.81. The van der Waals surface area contributed by atoms with Gasteiger partial charge in [-0.05, 0) is 46.3 Å². The number of aromatic nitrogens is 1. The van der Waals surface area contributed by atoms with Crippen LogP contribution in [-0.4, -0.2) is 4.57 Å². The zero-order chi connectivity index (χ0) is 23.8. The highest BCUT2D eigenvalue weighted by Gasteiger charge is 2.25. The predicted molar refractivity (Wildman–Crippen MR) is 152 cm³/mol. The lowest BCUT2D eigenvalue weighted by Crippen LogP contribution is -1.95. The molecule has 0 amide bonds. The van der Waals surface area contributed by atoms with Crippen LogP contribution < -0.4 is 0 Å². The van der Waals surface area contributed by atoms with Crippen LogP contribution in [0.15, 0.2) is 114 Å². The van der Waals surface area contributed by atoms with E-state index in [0.29, 0.717) is 0 Å². The summed E-state index contributed by atoms with van der Waals surface area (Å²) in [5.41, 5.74) is 6.79. The van der Waals surface area contributed by atoms with Gasteiger partial charge in [0.05, 0.1) is 11.0 Å². The Hall–Kier alpha value is -4.56. The maximum Gasteiger partial charge on any atom is 0.160 e. The lowest BCUT2D eigenvalue weighted by Gasteiger charge is -2.11. The average molecular weight is 462 g/mol. The van der Waals surface area contributed by atoms with Crippen LogP contribution in [0.1, 0.15) is 12.5 Å². The van der Waals surface area contributed by atoms with E-state index in [-0.39, 0.29) is 0 Å². The lowest BCUT2D eigenvalue weighted by atomic mass is 9.94. The summed E-state index contributed by atoms with van der Waals surface area (Å²) in [5, 5.41) is 10.0. The van der Waals surface area contributed by atoms with Crippen LogP contribution in [0.25, 0.3) is 71.0 Å². The zero-order valence-corrected chi connectivity index (χ0v) is 20.0. The van der Waals surface area contributed by atoms with Gasteiger partial charge in [-0.3, -0.25) is 0 Å². The SMILES string of the molecule is CCc1cc2ccccc2c2c1c1c3ccccc3c3c4ccccc4oc3c1n2-c1ccccc1. The minimum Gasteiger partial charge on any atom is -0.454 e. The molecule has 8 aromatic rings. The second-order valence-electron chi connectivity index (χ2n) is 9.58. The topological polar surface area (TPSA) is 18.1 Å². The van der Waals surface area contributed by atoms with Gasteiger partial charge in [-0.1, -0.05) is 97.9 Å². The highest BCUT2D eigenvalue weighted by atomic mass is 16.3. The molecule has 0 spiro atoms. The van der Waals surface area contributed by atoms with Crippen molar-refractivity contribution in [1.82, 2.24) is 4.57 Å². The van der Waals surface area contributed by atoms with E-state index in [1.54, 1.807) is 0 Å². The Morgan fingerprint density at radius 1 is 0.583 bits per heavy atom. The first-order valence-corrected chi connectivity index (χ1v) is 12.6. The van der Waals surface area contributed by atoms with Crippen LogP contribution in [0.2, 0.25) is 0 Å². The number of benzene rings is 6. The highest BCUT2D eigenvalue weighted by molar-refractivity contribution is 6.37. The van der Waals surface area contributed by atoms with Crippen molar-refractivity contribution in [2.24, 2.45) is 0 Å². The number of fused-ring (bicyclic) bond motifs is 12. The van der Waals surface area contributed by atoms with Gasteiger partial charge in [-0.2, -0.15) is 0 Å². The van der Waals surface area contributed by atoms with Gasteiger partial charge in [-0.15, -0.1) is 0 Å². The molecule has 6 aromatic carbocycles. The first-order chi connectivity index (χ1) is 17.8. The van der Waals surface area contributed by atoms with Crippen LogP contribution in [0.5, 0.6) is 0 Å². The summed E-state index contributed by atoms with van der Waals surface area (Å²) in [6, 6.07) is 39.1. The summed E-state index contributed by atoms with van der Waals surface area (Å²) in [7, 11) is 0. The fourth-order valence-corrected chi connectivity index (χ4v) is 6.23. The van der Waals surface area contributed by atoms with Gasteiger partial charge in [0, 0.05) is 32.6 Å². The fraction of sp³-hybridized carbons (Fsp3) is 0.0588. The minimum atomic E-state index is 0.926.